The van der Waals surface area contributed by atoms with Gasteiger partial charge in [-0.3, -0.25) is 19.3 Å². The molecular weight excluding hydrogens is 492 g/mol. The third-order valence-corrected chi connectivity index (χ3v) is 6.33. The van der Waals surface area contributed by atoms with Crippen molar-refractivity contribution in [3.8, 4) is 17.2 Å². The van der Waals surface area contributed by atoms with E-state index in [1.165, 1.54) is 7.11 Å². The van der Waals surface area contributed by atoms with Gasteiger partial charge in [-0.05, 0) is 65.6 Å². The number of carbonyl (C=O) groups excluding carboxylic acids is 3. The van der Waals surface area contributed by atoms with E-state index in [4.69, 9.17) is 31.5 Å². The average molecular weight is 519 g/mol. The number of hydrogen-bond acceptors (Lipinski definition) is 7. The Balaban J connectivity index is 1.72. The van der Waals surface area contributed by atoms with E-state index in [0.717, 1.165) is 33.5 Å². The van der Waals surface area contributed by atoms with Crippen LogP contribution in [0.2, 0.25) is 5.02 Å². The van der Waals surface area contributed by atoms with E-state index in [0.29, 0.717) is 5.56 Å². The first-order valence-electron chi connectivity index (χ1n) is 10.9. The van der Waals surface area contributed by atoms with Crippen LogP contribution in [0.5, 0.6) is 17.2 Å². The number of aryl methyl sites for hydroxylation is 1. The molecule has 1 aliphatic heterocycles. The molecule has 1 fully saturated rings. The van der Waals surface area contributed by atoms with Crippen molar-refractivity contribution in [2.75, 3.05) is 26.9 Å². The second-order valence-electron chi connectivity index (χ2n) is 8.17. The maximum Gasteiger partial charge on any atom is 0.293 e. The summed E-state index contributed by atoms with van der Waals surface area (Å²) in [4.78, 5) is 37.8. The summed E-state index contributed by atoms with van der Waals surface area (Å²) in [6.07, 6.45) is 1.55. The summed E-state index contributed by atoms with van der Waals surface area (Å²) >= 11 is 7.11. The van der Waals surface area contributed by atoms with Crippen LogP contribution >= 0.6 is 23.4 Å². The fourth-order valence-corrected chi connectivity index (χ4v) is 4.58. The minimum atomic E-state index is -0.660. The smallest absolute Gasteiger partial charge is 0.293 e. The number of ether oxygens (including phenoxy) is 3. The Kier molecular flexibility index (Phi) is 8.69. The Bertz CT molecular complexity index is 1180. The van der Waals surface area contributed by atoms with Crippen molar-refractivity contribution >= 4 is 46.5 Å². The van der Waals surface area contributed by atoms with Gasteiger partial charge in [0.2, 0.25) is 0 Å². The summed E-state index contributed by atoms with van der Waals surface area (Å²) in [6, 6.07) is 9.15. The monoisotopic (exact) mass is 518 g/mol. The first-order chi connectivity index (χ1) is 16.6. The van der Waals surface area contributed by atoms with Crippen LogP contribution in [0.4, 0.5) is 4.79 Å². The number of amides is 3. The molecule has 0 aliphatic carbocycles. The lowest BCUT2D eigenvalue weighted by atomic mass is 10.0. The van der Waals surface area contributed by atoms with Crippen LogP contribution in [0.15, 0.2) is 35.2 Å². The molecule has 0 unspecified atom stereocenters. The van der Waals surface area contributed by atoms with Gasteiger partial charge in [-0.25, -0.2) is 0 Å². The van der Waals surface area contributed by atoms with Gasteiger partial charge in [0.05, 0.1) is 23.6 Å². The lowest BCUT2D eigenvalue weighted by molar-refractivity contribution is -0.123. The summed E-state index contributed by atoms with van der Waals surface area (Å²) in [5.41, 5.74) is 7.78. The standard InChI is InChI=1S/C25H27ClN2O6S/c1-14(2)17-6-5-15(3)9-19(17)33-8-7-28-24(30)21(35-25(28)31)12-16-10-18(26)23(20(11-16)32-4)34-13-22(27)29/h5-6,9-12,14H,7-8,13H2,1-4H3,(H2,27,29)/b21-12-. The average Bonchev–Trinajstić information content (AvgIpc) is 3.05. The molecule has 2 aromatic carbocycles. The maximum absolute atomic E-state index is 12.9. The number of rotatable bonds is 10. The predicted octanol–water partition coefficient (Wildman–Crippen LogP) is 4.76. The van der Waals surface area contributed by atoms with Gasteiger partial charge in [0.25, 0.3) is 17.1 Å². The first-order valence-corrected chi connectivity index (χ1v) is 12.1. The number of primary amides is 1. The van der Waals surface area contributed by atoms with Gasteiger partial charge in [0.15, 0.2) is 18.1 Å². The van der Waals surface area contributed by atoms with Crippen LogP contribution in [0.3, 0.4) is 0 Å². The van der Waals surface area contributed by atoms with Gasteiger partial charge >= 0.3 is 0 Å². The third kappa shape index (κ3) is 6.49. The summed E-state index contributed by atoms with van der Waals surface area (Å²) in [7, 11) is 1.42. The SMILES string of the molecule is COc1cc(/C=C2\SC(=O)N(CCOc3cc(C)ccc3C(C)C)C2=O)cc(Cl)c1OCC(N)=O. The Hall–Kier alpha value is -3.17. The van der Waals surface area contributed by atoms with Gasteiger partial charge in [-0.15, -0.1) is 0 Å². The Morgan fingerprint density at radius 1 is 1.17 bits per heavy atom. The summed E-state index contributed by atoms with van der Waals surface area (Å²) in [5, 5.41) is -0.207. The highest BCUT2D eigenvalue weighted by atomic mass is 35.5. The third-order valence-electron chi connectivity index (χ3n) is 5.15. The van der Waals surface area contributed by atoms with Gasteiger partial charge in [-0.2, -0.15) is 0 Å². The van der Waals surface area contributed by atoms with E-state index in [9.17, 15) is 14.4 Å². The lowest BCUT2D eigenvalue weighted by Crippen LogP contribution is -2.32. The number of hydrogen-bond donors (Lipinski definition) is 1. The van der Waals surface area contributed by atoms with Crippen LogP contribution in [0, 0.1) is 6.92 Å². The molecule has 0 radical (unpaired) electrons. The van der Waals surface area contributed by atoms with Crippen molar-refractivity contribution < 1.29 is 28.6 Å². The summed E-state index contributed by atoms with van der Waals surface area (Å²) in [6.45, 7) is 6.08. The van der Waals surface area contributed by atoms with Crippen LogP contribution < -0.4 is 19.9 Å². The van der Waals surface area contributed by atoms with E-state index in [2.05, 4.69) is 13.8 Å². The number of methoxy groups -OCH3 is 1. The molecule has 0 bridgehead atoms. The van der Waals surface area contributed by atoms with Gasteiger partial charge in [0.1, 0.15) is 12.4 Å². The number of halogens is 1. The van der Waals surface area contributed by atoms with Crippen LogP contribution in [0.25, 0.3) is 6.08 Å². The molecule has 3 amide bonds. The molecule has 0 saturated carbocycles. The Morgan fingerprint density at radius 2 is 1.91 bits per heavy atom. The van der Waals surface area contributed by atoms with Crippen LogP contribution in [-0.2, 0) is 9.59 Å². The van der Waals surface area contributed by atoms with Crippen molar-refractivity contribution in [2.45, 2.75) is 26.7 Å². The van der Waals surface area contributed by atoms with Crippen molar-refractivity contribution in [2.24, 2.45) is 5.73 Å². The fraction of sp³-hybridized carbons (Fsp3) is 0.320. The van der Waals surface area contributed by atoms with Crippen molar-refractivity contribution in [1.29, 1.82) is 0 Å². The van der Waals surface area contributed by atoms with Gasteiger partial charge in [-0.1, -0.05) is 37.6 Å². The van der Waals surface area contributed by atoms with Crippen LogP contribution in [0.1, 0.15) is 36.5 Å². The van der Waals surface area contributed by atoms with E-state index in [1.807, 2.05) is 25.1 Å². The molecule has 35 heavy (non-hydrogen) atoms. The zero-order chi connectivity index (χ0) is 25.7. The molecule has 186 valence electrons. The number of nitrogens with zero attached hydrogens (tertiary/aromatic N) is 1. The van der Waals surface area contributed by atoms with Crippen molar-refractivity contribution in [1.82, 2.24) is 4.90 Å². The van der Waals surface area contributed by atoms with Crippen LogP contribution in [-0.4, -0.2) is 48.8 Å². The van der Waals surface area contributed by atoms with Gasteiger partial charge < -0.3 is 19.9 Å². The summed E-state index contributed by atoms with van der Waals surface area (Å²) in [5.74, 6) is 0.378. The molecule has 0 spiro atoms. The maximum atomic E-state index is 12.9. The predicted molar refractivity (Wildman–Crippen MR) is 136 cm³/mol. The Morgan fingerprint density at radius 3 is 2.57 bits per heavy atom. The molecule has 1 heterocycles. The zero-order valence-electron chi connectivity index (χ0n) is 19.9. The summed E-state index contributed by atoms with van der Waals surface area (Å²) < 4.78 is 16.5. The van der Waals surface area contributed by atoms with E-state index in [1.54, 1.807) is 18.2 Å². The lowest BCUT2D eigenvalue weighted by Gasteiger charge is -2.17. The quantitative estimate of drug-likeness (QED) is 0.452. The second-order valence-corrected chi connectivity index (χ2v) is 9.57. The molecule has 2 N–H and O–H groups in total. The van der Waals surface area contributed by atoms with Crippen molar-refractivity contribution in [3.63, 3.8) is 0 Å². The van der Waals surface area contributed by atoms with E-state index >= 15 is 0 Å². The highest BCUT2D eigenvalue weighted by Gasteiger charge is 2.35. The molecule has 1 saturated heterocycles. The minimum Gasteiger partial charge on any atom is -0.493 e. The number of nitrogens with two attached hydrogens (primary N) is 1. The normalized spacial score (nSPS) is 14.7. The van der Waals surface area contributed by atoms with Gasteiger partial charge in [0, 0.05) is 0 Å². The highest BCUT2D eigenvalue weighted by molar-refractivity contribution is 8.18. The van der Waals surface area contributed by atoms with Crippen molar-refractivity contribution in [3.05, 3.63) is 56.9 Å². The van der Waals surface area contributed by atoms with E-state index < -0.39 is 11.8 Å². The largest absolute Gasteiger partial charge is 0.493 e. The second kappa shape index (κ2) is 11.5. The molecule has 0 aromatic heterocycles. The molecular formula is C25H27ClN2O6S. The topological polar surface area (TPSA) is 108 Å². The molecule has 8 nitrogen and oxygen atoms in total. The number of imide groups is 1. The Labute approximate surface area is 213 Å². The fourth-order valence-electron chi connectivity index (χ4n) is 3.44. The first kappa shape index (κ1) is 26.4. The minimum absolute atomic E-state index is 0.122. The molecule has 1 aliphatic rings. The molecule has 0 atom stereocenters. The molecule has 10 heteroatoms. The highest BCUT2D eigenvalue weighted by Crippen LogP contribution is 2.39. The number of thioether (sulfide) groups is 1. The number of carbonyl (C=O) groups is 3. The van der Waals surface area contributed by atoms with E-state index in [-0.39, 0.29) is 52.3 Å². The molecule has 2 aromatic rings. The zero-order valence-corrected chi connectivity index (χ0v) is 21.5. The molecule has 3 rings (SSSR count). The number of benzene rings is 2.